The molecule has 3 rings (SSSR count). The third kappa shape index (κ3) is 5.72. The molecule has 0 aliphatic rings. The second kappa shape index (κ2) is 10.1. The summed E-state index contributed by atoms with van der Waals surface area (Å²) in [6, 6.07) is 18.5. The molecular weight excluding hydrogens is 421 g/mol. The van der Waals surface area contributed by atoms with Crippen molar-refractivity contribution >= 4 is 46.7 Å². The van der Waals surface area contributed by atoms with Crippen LogP contribution in [0.2, 0.25) is 5.02 Å². The fraction of sp³-hybridized carbons (Fsp3) is 0.0833. The summed E-state index contributed by atoms with van der Waals surface area (Å²) in [5, 5.41) is 13.2. The smallest absolute Gasteiger partial charge is 0.255 e. The number of amides is 1. The number of benzene rings is 3. The Labute approximate surface area is 184 Å². The molecule has 0 saturated carbocycles. The van der Waals surface area contributed by atoms with Crippen LogP contribution in [0.3, 0.4) is 0 Å². The van der Waals surface area contributed by atoms with Crippen LogP contribution in [0, 0.1) is 0 Å². The molecule has 0 aliphatic heterocycles. The molecule has 30 heavy (non-hydrogen) atoms. The molecule has 0 spiro atoms. The van der Waals surface area contributed by atoms with Crippen molar-refractivity contribution in [3.63, 3.8) is 0 Å². The summed E-state index contributed by atoms with van der Waals surface area (Å²) in [7, 11) is 0. The van der Waals surface area contributed by atoms with Crippen LogP contribution in [0.5, 0.6) is 5.75 Å². The molecule has 0 saturated heterocycles. The molecule has 0 heterocycles. The van der Waals surface area contributed by atoms with Crippen LogP contribution < -0.4 is 5.32 Å². The van der Waals surface area contributed by atoms with Gasteiger partial charge in [0.25, 0.3) is 5.91 Å². The van der Waals surface area contributed by atoms with E-state index in [9.17, 15) is 14.7 Å². The van der Waals surface area contributed by atoms with Gasteiger partial charge < -0.3 is 10.4 Å². The summed E-state index contributed by atoms with van der Waals surface area (Å²) >= 11 is 11.6. The van der Waals surface area contributed by atoms with Crippen molar-refractivity contribution in [3.05, 3.63) is 100 Å². The Morgan fingerprint density at radius 3 is 2.43 bits per heavy atom. The maximum Gasteiger partial charge on any atom is 0.255 e. The topological polar surface area (TPSA) is 66.4 Å². The number of rotatable bonds is 7. The van der Waals surface area contributed by atoms with E-state index < -0.39 is 0 Å². The minimum atomic E-state index is -0.250. The van der Waals surface area contributed by atoms with Crippen LogP contribution in [-0.2, 0) is 6.42 Å². The van der Waals surface area contributed by atoms with E-state index in [1.165, 1.54) is 12.1 Å². The average molecular weight is 440 g/mol. The molecule has 0 bridgehead atoms. The van der Waals surface area contributed by atoms with Gasteiger partial charge in [-0.2, -0.15) is 0 Å². The van der Waals surface area contributed by atoms with Crippen molar-refractivity contribution in [1.82, 2.24) is 0 Å². The van der Waals surface area contributed by atoms with Crippen molar-refractivity contribution in [1.29, 1.82) is 0 Å². The lowest BCUT2D eigenvalue weighted by atomic mass is 10.0. The molecule has 0 fully saturated rings. The highest BCUT2D eigenvalue weighted by molar-refractivity contribution is 6.30. The number of aryl methyl sites for hydroxylation is 1. The molecule has 1 amide bonds. The first kappa shape index (κ1) is 21.6. The number of carbonyl (C=O) groups excluding carboxylic acids is 2. The normalized spacial score (nSPS) is 10.9. The predicted octanol–water partition coefficient (Wildman–Crippen LogP) is 5.98. The molecule has 3 aromatic rings. The number of aromatic hydroxyl groups is 1. The van der Waals surface area contributed by atoms with E-state index in [0.29, 0.717) is 39.7 Å². The second-order valence-electron chi connectivity index (χ2n) is 6.57. The molecule has 4 nitrogen and oxygen atoms in total. The molecule has 0 unspecified atom stereocenters. The van der Waals surface area contributed by atoms with Gasteiger partial charge in [-0.1, -0.05) is 29.8 Å². The van der Waals surface area contributed by atoms with Gasteiger partial charge in [0.1, 0.15) is 5.75 Å². The van der Waals surface area contributed by atoms with Crippen LogP contribution in [0.15, 0.2) is 72.8 Å². The standard InChI is InChI=1S/C24H19Cl2NO3/c25-13-12-19-15-18(7-11-23(19)29)22(28)10-4-16-2-1-3-21(14-16)27-24(30)17-5-8-20(26)9-6-17/h1-11,14-15,29H,12-13H2,(H,27,30). The number of nitrogens with one attached hydrogen (secondary N) is 1. The number of anilines is 1. The van der Waals surface area contributed by atoms with Gasteiger partial charge in [0.2, 0.25) is 0 Å². The fourth-order valence-corrected chi connectivity index (χ4v) is 3.16. The van der Waals surface area contributed by atoms with Gasteiger partial charge in [-0.05, 0) is 78.2 Å². The summed E-state index contributed by atoms with van der Waals surface area (Å²) in [4.78, 5) is 24.8. The number of allylic oxidation sites excluding steroid dienone is 1. The first-order chi connectivity index (χ1) is 14.5. The van der Waals surface area contributed by atoms with E-state index >= 15 is 0 Å². The molecule has 0 radical (unpaired) electrons. The Balaban J connectivity index is 1.70. The molecule has 0 atom stereocenters. The summed E-state index contributed by atoms with van der Waals surface area (Å²) in [5.41, 5.74) is 2.97. The van der Waals surface area contributed by atoms with Gasteiger partial charge >= 0.3 is 0 Å². The van der Waals surface area contributed by atoms with Gasteiger partial charge in [0.05, 0.1) is 0 Å². The lowest BCUT2D eigenvalue weighted by Gasteiger charge is -2.06. The highest BCUT2D eigenvalue weighted by Gasteiger charge is 2.08. The molecular formula is C24H19Cl2NO3. The zero-order valence-electron chi connectivity index (χ0n) is 15.9. The highest BCUT2D eigenvalue weighted by atomic mass is 35.5. The lowest BCUT2D eigenvalue weighted by molar-refractivity contribution is 0.102. The van der Waals surface area contributed by atoms with Crippen LogP contribution in [0.25, 0.3) is 6.08 Å². The maximum atomic E-state index is 12.5. The minimum absolute atomic E-state index is 0.125. The van der Waals surface area contributed by atoms with Crippen LogP contribution in [0.1, 0.15) is 31.8 Å². The van der Waals surface area contributed by atoms with Crippen molar-refractivity contribution in [2.75, 3.05) is 11.2 Å². The molecule has 152 valence electrons. The van der Waals surface area contributed by atoms with Crippen molar-refractivity contribution in [2.24, 2.45) is 0 Å². The predicted molar refractivity (Wildman–Crippen MR) is 122 cm³/mol. The number of hydrogen-bond donors (Lipinski definition) is 2. The third-order valence-corrected chi connectivity index (χ3v) is 4.85. The van der Waals surface area contributed by atoms with Crippen molar-refractivity contribution in [3.8, 4) is 5.75 Å². The fourth-order valence-electron chi connectivity index (χ4n) is 2.83. The SMILES string of the molecule is O=C(C=Cc1cccc(NC(=O)c2ccc(Cl)cc2)c1)c1ccc(O)c(CCCl)c1. The Bertz CT molecular complexity index is 1090. The van der Waals surface area contributed by atoms with Gasteiger partial charge in [-0.25, -0.2) is 0 Å². The monoisotopic (exact) mass is 439 g/mol. The van der Waals surface area contributed by atoms with Crippen LogP contribution in [-0.4, -0.2) is 22.7 Å². The average Bonchev–Trinajstić information content (AvgIpc) is 2.74. The third-order valence-electron chi connectivity index (χ3n) is 4.41. The number of halogens is 2. The van der Waals surface area contributed by atoms with Gasteiger partial charge in [-0.3, -0.25) is 9.59 Å². The number of alkyl halides is 1. The van der Waals surface area contributed by atoms with Crippen molar-refractivity contribution in [2.45, 2.75) is 6.42 Å². The molecule has 0 aromatic heterocycles. The summed E-state index contributed by atoms with van der Waals surface area (Å²) in [6.07, 6.45) is 3.61. The number of ketones is 1. The minimum Gasteiger partial charge on any atom is -0.508 e. The quantitative estimate of drug-likeness (QED) is 0.270. The Morgan fingerprint density at radius 2 is 1.70 bits per heavy atom. The van der Waals surface area contributed by atoms with E-state index in [-0.39, 0.29) is 17.4 Å². The van der Waals surface area contributed by atoms with E-state index in [1.807, 2.05) is 6.07 Å². The molecule has 2 N–H and O–H groups in total. The zero-order chi connectivity index (χ0) is 21.5. The number of hydrogen-bond acceptors (Lipinski definition) is 3. The summed E-state index contributed by atoms with van der Waals surface area (Å²) in [5.74, 6) is 0.0387. The van der Waals surface area contributed by atoms with Crippen molar-refractivity contribution < 1.29 is 14.7 Å². The first-order valence-electron chi connectivity index (χ1n) is 9.23. The number of carbonyl (C=O) groups is 2. The number of phenols is 1. The van der Waals surface area contributed by atoms with Gasteiger partial charge in [0.15, 0.2) is 5.78 Å². The Hall–Kier alpha value is -3.08. The van der Waals surface area contributed by atoms with Crippen LogP contribution in [0.4, 0.5) is 5.69 Å². The molecule has 0 aliphatic carbocycles. The first-order valence-corrected chi connectivity index (χ1v) is 10.1. The largest absolute Gasteiger partial charge is 0.508 e. The lowest BCUT2D eigenvalue weighted by Crippen LogP contribution is -2.11. The van der Waals surface area contributed by atoms with Crippen LogP contribution >= 0.6 is 23.2 Å². The summed E-state index contributed by atoms with van der Waals surface area (Å²) < 4.78 is 0. The van der Waals surface area contributed by atoms with Gasteiger partial charge in [0, 0.05) is 27.7 Å². The Morgan fingerprint density at radius 1 is 0.967 bits per heavy atom. The van der Waals surface area contributed by atoms with Gasteiger partial charge in [-0.15, -0.1) is 11.6 Å². The highest BCUT2D eigenvalue weighted by Crippen LogP contribution is 2.21. The number of phenolic OH excluding ortho intramolecular Hbond substituents is 1. The van der Waals surface area contributed by atoms with E-state index in [2.05, 4.69) is 5.32 Å². The molecule has 3 aromatic carbocycles. The van der Waals surface area contributed by atoms with E-state index in [4.69, 9.17) is 23.2 Å². The van der Waals surface area contributed by atoms with E-state index in [1.54, 1.807) is 60.7 Å². The Kier molecular flexibility index (Phi) is 7.28. The molecule has 6 heteroatoms. The second-order valence-corrected chi connectivity index (χ2v) is 7.38. The summed E-state index contributed by atoms with van der Waals surface area (Å²) in [6.45, 7) is 0. The van der Waals surface area contributed by atoms with E-state index in [0.717, 1.165) is 5.56 Å². The zero-order valence-corrected chi connectivity index (χ0v) is 17.5. The maximum absolute atomic E-state index is 12.5.